The number of halogens is 1. The Morgan fingerprint density at radius 3 is 2.47 bits per heavy atom. The molecule has 1 spiro atoms. The molecule has 0 N–H and O–H groups in total. The third-order valence-electron chi connectivity index (χ3n) is 6.19. The molecule has 1 aliphatic carbocycles. The molecule has 30 heavy (non-hydrogen) atoms. The average molecular weight is 429 g/mol. The molecule has 0 atom stereocenters. The van der Waals surface area contributed by atoms with E-state index in [-0.39, 0.29) is 16.7 Å². The number of methoxy groups -OCH3 is 1. The van der Waals surface area contributed by atoms with Crippen LogP contribution in [0.3, 0.4) is 0 Å². The first-order chi connectivity index (χ1) is 14.2. The maximum atomic E-state index is 13.4. The van der Waals surface area contributed by atoms with Gasteiger partial charge in [-0.25, -0.2) is 17.6 Å². The van der Waals surface area contributed by atoms with Crippen molar-refractivity contribution < 1.29 is 26.8 Å². The highest BCUT2D eigenvalue weighted by atomic mass is 32.2. The third kappa shape index (κ3) is 2.81. The predicted octanol–water partition coefficient (Wildman–Crippen LogP) is 4.23. The molecule has 0 saturated heterocycles. The molecule has 1 saturated carbocycles. The Bertz CT molecular complexity index is 1290. The van der Waals surface area contributed by atoms with Crippen molar-refractivity contribution in [1.29, 1.82) is 0 Å². The number of carbonyl (C=O) groups is 1. The molecule has 2 aliphatic rings. The highest BCUT2D eigenvalue weighted by Gasteiger charge is 2.50. The SMILES string of the molecule is COC(=O)c1c(-c2ccc(F)cc2)oc2cc3c(cc12)C1(CCN3S(C)(=O)=O)CC1. The van der Waals surface area contributed by atoms with E-state index in [0.29, 0.717) is 28.8 Å². The fourth-order valence-electron chi connectivity index (χ4n) is 4.46. The van der Waals surface area contributed by atoms with Gasteiger partial charge in [0.05, 0.1) is 19.1 Å². The Balaban J connectivity index is 1.80. The van der Waals surface area contributed by atoms with Gasteiger partial charge in [-0.15, -0.1) is 0 Å². The van der Waals surface area contributed by atoms with Gasteiger partial charge in [-0.05, 0) is 60.6 Å². The van der Waals surface area contributed by atoms with E-state index in [1.165, 1.54) is 41.9 Å². The summed E-state index contributed by atoms with van der Waals surface area (Å²) in [4.78, 5) is 12.7. The number of ether oxygens (including phenoxy) is 1. The highest BCUT2D eigenvalue weighted by molar-refractivity contribution is 7.92. The summed E-state index contributed by atoms with van der Waals surface area (Å²) in [5.74, 6) is -0.687. The minimum atomic E-state index is -3.45. The Morgan fingerprint density at radius 2 is 1.87 bits per heavy atom. The van der Waals surface area contributed by atoms with Gasteiger partial charge in [0.2, 0.25) is 10.0 Å². The summed E-state index contributed by atoms with van der Waals surface area (Å²) in [7, 11) is -2.16. The van der Waals surface area contributed by atoms with Crippen molar-refractivity contribution >= 4 is 32.6 Å². The highest BCUT2D eigenvalue weighted by Crippen LogP contribution is 2.57. The minimum absolute atomic E-state index is 0.0502. The van der Waals surface area contributed by atoms with Crippen LogP contribution in [0.1, 0.15) is 35.2 Å². The van der Waals surface area contributed by atoms with E-state index in [1.54, 1.807) is 6.07 Å². The van der Waals surface area contributed by atoms with Crippen LogP contribution >= 0.6 is 0 Å². The van der Waals surface area contributed by atoms with E-state index in [4.69, 9.17) is 9.15 Å². The zero-order valence-electron chi connectivity index (χ0n) is 16.6. The fourth-order valence-corrected chi connectivity index (χ4v) is 5.39. The van der Waals surface area contributed by atoms with Crippen molar-refractivity contribution in [3.8, 4) is 11.3 Å². The lowest BCUT2D eigenvalue weighted by atomic mass is 9.86. The van der Waals surface area contributed by atoms with E-state index in [2.05, 4.69) is 0 Å². The van der Waals surface area contributed by atoms with Crippen molar-refractivity contribution in [3.63, 3.8) is 0 Å². The summed E-state index contributed by atoms with van der Waals surface area (Å²) in [5, 5.41) is 0.571. The Morgan fingerprint density at radius 1 is 1.17 bits per heavy atom. The van der Waals surface area contributed by atoms with E-state index >= 15 is 0 Å². The smallest absolute Gasteiger partial charge is 0.342 e. The zero-order valence-corrected chi connectivity index (χ0v) is 17.4. The lowest BCUT2D eigenvalue weighted by Crippen LogP contribution is -2.38. The third-order valence-corrected chi connectivity index (χ3v) is 7.37. The standard InChI is InChI=1S/C22H20FNO5S/c1-28-21(25)19-15-11-16-17(24(30(2,26)27)10-9-22(16)7-8-22)12-18(15)29-20(19)13-3-5-14(23)6-4-13/h3-6,11-12H,7-10H2,1-2H3. The van der Waals surface area contributed by atoms with Gasteiger partial charge in [0.15, 0.2) is 0 Å². The number of furan rings is 1. The summed E-state index contributed by atoms with van der Waals surface area (Å²) < 4.78 is 50.6. The van der Waals surface area contributed by atoms with Crippen LogP contribution in [0.25, 0.3) is 22.3 Å². The lowest BCUT2D eigenvalue weighted by Gasteiger charge is -2.34. The molecule has 1 aromatic heterocycles. The van der Waals surface area contributed by atoms with Crippen LogP contribution in [0.15, 0.2) is 40.8 Å². The second-order valence-electron chi connectivity index (χ2n) is 8.04. The summed E-state index contributed by atoms with van der Waals surface area (Å²) in [6.07, 6.45) is 3.91. The number of hydrogen-bond acceptors (Lipinski definition) is 5. The summed E-state index contributed by atoms with van der Waals surface area (Å²) >= 11 is 0. The van der Waals surface area contributed by atoms with Crippen molar-refractivity contribution in [1.82, 2.24) is 0 Å². The van der Waals surface area contributed by atoms with Crippen LogP contribution in [-0.4, -0.2) is 34.3 Å². The van der Waals surface area contributed by atoms with Gasteiger partial charge in [-0.2, -0.15) is 0 Å². The number of benzene rings is 2. The van der Waals surface area contributed by atoms with Crippen molar-refractivity contribution in [2.45, 2.75) is 24.7 Å². The van der Waals surface area contributed by atoms with Crippen molar-refractivity contribution in [2.24, 2.45) is 0 Å². The Kier molecular flexibility index (Phi) is 4.02. The molecule has 1 fully saturated rings. The number of fused-ring (bicyclic) bond motifs is 3. The van der Waals surface area contributed by atoms with E-state index in [0.717, 1.165) is 24.8 Å². The van der Waals surface area contributed by atoms with Crippen molar-refractivity contribution in [3.05, 3.63) is 53.3 Å². The number of nitrogens with zero attached hydrogens (tertiary/aromatic N) is 1. The zero-order chi connectivity index (χ0) is 21.3. The fraction of sp³-hybridized carbons (Fsp3) is 0.318. The molecule has 6 nitrogen and oxygen atoms in total. The molecule has 0 bridgehead atoms. The van der Waals surface area contributed by atoms with Crippen LogP contribution in [0.5, 0.6) is 0 Å². The van der Waals surface area contributed by atoms with Crippen LogP contribution in [0.2, 0.25) is 0 Å². The predicted molar refractivity (Wildman–Crippen MR) is 111 cm³/mol. The monoisotopic (exact) mass is 429 g/mol. The van der Waals surface area contributed by atoms with Crippen LogP contribution in [-0.2, 0) is 20.2 Å². The number of hydrogen-bond donors (Lipinski definition) is 0. The first kappa shape index (κ1) is 19.1. The summed E-state index contributed by atoms with van der Waals surface area (Å²) in [5.41, 5.74) is 2.65. The summed E-state index contributed by atoms with van der Waals surface area (Å²) in [6.45, 7) is 0.423. The average Bonchev–Trinajstić information content (AvgIpc) is 3.38. The first-order valence-electron chi connectivity index (χ1n) is 9.66. The number of esters is 1. The number of rotatable bonds is 3. The maximum absolute atomic E-state index is 13.4. The van der Waals surface area contributed by atoms with Gasteiger partial charge >= 0.3 is 5.97 Å². The minimum Gasteiger partial charge on any atom is -0.465 e. The van der Waals surface area contributed by atoms with Crippen LogP contribution in [0.4, 0.5) is 10.1 Å². The number of carbonyl (C=O) groups excluding carboxylic acids is 1. The van der Waals surface area contributed by atoms with E-state index < -0.39 is 21.8 Å². The van der Waals surface area contributed by atoms with Gasteiger partial charge < -0.3 is 9.15 Å². The van der Waals surface area contributed by atoms with Gasteiger partial charge in [-0.3, -0.25) is 4.31 Å². The topological polar surface area (TPSA) is 76.8 Å². The second kappa shape index (κ2) is 6.31. The van der Waals surface area contributed by atoms with Gasteiger partial charge in [-0.1, -0.05) is 0 Å². The molecular formula is C22H20FNO5S. The largest absolute Gasteiger partial charge is 0.465 e. The van der Waals surface area contributed by atoms with Gasteiger partial charge in [0, 0.05) is 23.6 Å². The molecule has 0 unspecified atom stereocenters. The molecule has 1 aliphatic heterocycles. The molecule has 0 radical (unpaired) electrons. The lowest BCUT2D eigenvalue weighted by molar-refractivity contribution is 0.0603. The molecule has 2 aromatic carbocycles. The number of anilines is 1. The molecular weight excluding hydrogens is 409 g/mol. The molecule has 3 aromatic rings. The van der Waals surface area contributed by atoms with Crippen LogP contribution < -0.4 is 4.31 Å². The number of sulfonamides is 1. The Hall–Kier alpha value is -2.87. The molecule has 2 heterocycles. The maximum Gasteiger partial charge on any atom is 0.342 e. The summed E-state index contributed by atoms with van der Waals surface area (Å²) in [6, 6.07) is 9.22. The van der Waals surface area contributed by atoms with Gasteiger partial charge in [0.25, 0.3) is 0 Å². The Labute approximate surface area is 173 Å². The van der Waals surface area contributed by atoms with Gasteiger partial charge in [0.1, 0.15) is 22.7 Å². The first-order valence-corrected chi connectivity index (χ1v) is 11.5. The molecule has 156 valence electrons. The van der Waals surface area contributed by atoms with E-state index in [9.17, 15) is 17.6 Å². The molecule has 0 amide bonds. The molecule has 5 rings (SSSR count). The van der Waals surface area contributed by atoms with Crippen LogP contribution in [0, 0.1) is 5.82 Å². The second-order valence-corrected chi connectivity index (χ2v) is 9.94. The normalized spacial score (nSPS) is 17.2. The molecule has 8 heteroatoms. The van der Waals surface area contributed by atoms with Crippen molar-refractivity contribution in [2.75, 3.05) is 24.2 Å². The quantitative estimate of drug-likeness (QED) is 0.583. The van der Waals surface area contributed by atoms with E-state index in [1.807, 2.05) is 6.07 Å².